The number of rotatable bonds is 4. The molecule has 0 aromatic carbocycles. The molecule has 0 spiro atoms. The first-order valence-electron chi connectivity index (χ1n) is 6.74. The molecule has 1 unspecified atom stereocenters. The zero-order valence-electron chi connectivity index (χ0n) is 11.1. The van der Waals surface area contributed by atoms with Crippen molar-refractivity contribution in [2.75, 3.05) is 6.54 Å². The number of aromatic amines is 1. The van der Waals surface area contributed by atoms with Gasteiger partial charge in [-0.2, -0.15) is 0 Å². The average Bonchev–Trinajstić information content (AvgIpc) is 2.95. The molecule has 0 fully saturated rings. The van der Waals surface area contributed by atoms with Crippen LogP contribution in [0.5, 0.6) is 0 Å². The quantitative estimate of drug-likeness (QED) is 0.740. The molecule has 3 heterocycles. The maximum Gasteiger partial charge on any atom is 0.237 e. The molecule has 1 aliphatic rings. The number of hydrogen-bond donors (Lipinski definition) is 3. The maximum atomic E-state index is 12.1. The van der Waals surface area contributed by atoms with Gasteiger partial charge in [-0.15, -0.1) is 0 Å². The Balaban J connectivity index is 1.48. The highest BCUT2D eigenvalue weighted by atomic mass is 16.2. The lowest BCUT2D eigenvalue weighted by Crippen LogP contribution is -2.48. The summed E-state index contributed by atoms with van der Waals surface area (Å²) in [5, 5.41) is 6.17. The van der Waals surface area contributed by atoms with Crippen LogP contribution < -0.4 is 10.6 Å². The van der Waals surface area contributed by atoms with Crippen LogP contribution >= 0.6 is 0 Å². The van der Waals surface area contributed by atoms with Crippen molar-refractivity contribution in [3.63, 3.8) is 0 Å². The lowest BCUT2D eigenvalue weighted by molar-refractivity contribution is -0.123. The van der Waals surface area contributed by atoms with Crippen molar-refractivity contribution in [3.8, 4) is 0 Å². The van der Waals surface area contributed by atoms with Crippen molar-refractivity contribution >= 4 is 5.91 Å². The predicted molar refractivity (Wildman–Crippen MR) is 73.9 cm³/mol. The van der Waals surface area contributed by atoms with Crippen LogP contribution in [0.1, 0.15) is 17.0 Å². The lowest BCUT2D eigenvalue weighted by atomic mass is 10.0. The number of pyridine rings is 1. The third-order valence-electron chi connectivity index (χ3n) is 3.48. The number of carbonyl (C=O) groups is 1. The molecule has 3 rings (SSSR count). The molecule has 0 radical (unpaired) electrons. The Labute approximate surface area is 117 Å². The van der Waals surface area contributed by atoms with Crippen LogP contribution in [0.3, 0.4) is 0 Å². The van der Waals surface area contributed by atoms with Crippen molar-refractivity contribution in [3.05, 3.63) is 47.8 Å². The van der Waals surface area contributed by atoms with Gasteiger partial charge in [-0.05, 0) is 18.1 Å². The maximum absolute atomic E-state index is 12.1. The zero-order valence-corrected chi connectivity index (χ0v) is 11.1. The van der Waals surface area contributed by atoms with Crippen LogP contribution in [0.4, 0.5) is 0 Å². The number of imidazole rings is 1. The predicted octanol–water partition coefficient (Wildman–Crippen LogP) is 0.178. The first-order chi connectivity index (χ1) is 9.83. The molecule has 2 aromatic heterocycles. The highest BCUT2D eigenvalue weighted by Crippen LogP contribution is 2.12. The average molecular weight is 271 g/mol. The fourth-order valence-electron chi connectivity index (χ4n) is 2.35. The van der Waals surface area contributed by atoms with Crippen LogP contribution in [0.2, 0.25) is 0 Å². The summed E-state index contributed by atoms with van der Waals surface area (Å²) in [6, 6.07) is 3.71. The molecular formula is C14H17N5O. The van der Waals surface area contributed by atoms with Crippen LogP contribution in [-0.4, -0.2) is 33.4 Å². The van der Waals surface area contributed by atoms with Gasteiger partial charge in [-0.25, -0.2) is 4.98 Å². The summed E-state index contributed by atoms with van der Waals surface area (Å²) in [6.07, 6.45) is 6.67. The minimum atomic E-state index is -0.195. The monoisotopic (exact) mass is 271 g/mol. The highest BCUT2D eigenvalue weighted by molar-refractivity contribution is 5.82. The number of carbonyl (C=O) groups excluding carboxylic acids is 1. The number of fused-ring (bicyclic) bond motifs is 1. The first-order valence-corrected chi connectivity index (χ1v) is 6.74. The Kier molecular flexibility index (Phi) is 3.73. The third kappa shape index (κ3) is 2.85. The van der Waals surface area contributed by atoms with E-state index in [9.17, 15) is 4.79 Å². The summed E-state index contributed by atoms with van der Waals surface area (Å²) in [6.45, 7) is 1.28. The van der Waals surface area contributed by atoms with Gasteiger partial charge >= 0.3 is 0 Å². The standard InChI is InChI=1S/C14H17N5O/c20-14(16-5-3-10-2-1-4-15-7-10)12-6-11-13(8-17-12)19-9-18-11/h1-2,4,7,9,12,17H,3,5-6,8H2,(H,16,20)(H,18,19). The molecular weight excluding hydrogens is 254 g/mol. The van der Waals surface area contributed by atoms with Gasteiger partial charge in [0.15, 0.2) is 0 Å². The lowest BCUT2D eigenvalue weighted by Gasteiger charge is -2.22. The molecule has 1 amide bonds. The molecule has 0 bridgehead atoms. The molecule has 6 heteroatoms. The molecule has 3 N–H and O–H groups in total. The Morgan fingerprint density at radius 1 is 1.50 bits per heavy atom. The number of aromatic nitrogens is 3. The second kappa shape index (κ2) is 5.83. The van der Waals surface area contributed by atoms with E-state index in [0.29, 0.717) is 19.5 Å². The normalized spacial score (nSPS) is 17.5. The van der Waals surface area contributed by atoms with E-state index in [0.717, 1.165) is 23.4 Å². The number of H-pyrrole nitrogens is 1. The summed E-state index contributed by atoms with van der Waals surface area (Å²) in [5.41, 5.74) is 3.18. The van der Waals surface area contributed by atoms with Crippen molar-refractivity contribution < 1.29 is 4.79 Å². The van der Waals surface area contributed by atoms with E-state index >= 15 is 0 Å². The fourth-order valence-corrected chi connectivity index (χ4v) is 2.35. The van der Waals surface area contributed by atoms with Gasteiger partial charge in [0.05, 0.1) is 23.8 Å². The number of amides is 1. The van der Waals surface area contributed by atoms with Gasteiger partial charge in [0.1, 0.15) is 0 Å². The molecule has 1 atom stereocenters. The van der Waals surface area contributed by atoms with E-state index in [1.54, 1.807) is 12.5 Å². The highest BCUT2D eigenvalue weighted by Gasteiger charge is 2.25. The summed E-state index contributed by atoms with van der Waals surface area (Å²) in [7, 11) is 0. The number of nitrogens with zero attached hydrogens (tertiary/aromatic N) is 2. The molecule has 20 heavy (non-hydrogen) atoms. The summed E-state index contributed by atoms with van der Waals surface area (Å²) < 4.78 is 0. The van der Waals surface area contributed by atoms with Gasteiger partial charge in [0, 0.05) is 31.9 Å². The molecule has 0 saturated heterocycles. The van der Waals surface area contributed by atoms with Crippen molar-refractivity contribution in [2.45, 2.75) is 25.4 Å². The molecule has 0 saturated carbocycles. The van der Waals surface area contributed by atoms with Crippen LogP contribution in [-0.2, 0) is 24.2 Å². The second-order valence-electron chi connectivity index (χ2n) is 4.87. The second-order valence-corrected chi connectivity index (χ2v) is 4.87. The van der Waals surface area contributed by atoms with Gasteiger partial charge < -0.3 is 10.3 Å². The summed E-state index contributed by atoms with van der Waals surface area (Å²) in [4.78, 5) is 23.5. The molecule has 104 valence electrons. The smallest absolute Gasteiger partial charge is 0.237 e. The van der Waals surface area contributed by atoms with Gasteiger partial charge in [0.25, 0.3) is 0 Å². The van der Waals surface area contributed by atoms with E-state index in [1.165, 1.54) is 0 Å². The van der Waals surface area contributed by atoms with Gasteiger partial charge in [-0.1, -0.05) is 6.07 Å². The van der Waals surface area contributed by atoms with Crippen LogP contribution in [0.15, 0.2) is 30.9 Å². The Hall–Kier alpha value is -2.21. The Morgan fingerprint density at radius 2 is 2.45 bits per heavy atom. The van der Waals surface area contributed by atoms with Gasteiger partial charge in [0.2, 0.25) is 5.91 Å². The fraction of sp³-hybridized carbons (Fsp3) is 0.357. The van der Waals surface area contributed by atoms with E-state index in [-0.39, 0.29) is 11.9 Å². The largest absolute Gasteiger partial charge is 0.354 e. The van der Waals surface area contributed by atoms with E-state index < -0.39 is 0 Å². The van der Waals surface area contributed by atoms with E-state index in [1.807, 2.05) is 18.3 Å². The Bertz CT molecular complexity index is 580. The van der Waals surface area contributed by atoms with Crippen LogP contribution in [0.25, 0.3) is 0 Å². The van der Waals surface area contributed by atoms with Crippen molar-refractivity contribution in [2.24, 2.45) is 0 Å². The molecule has 2 aromatic rings. The zero-order chi connectivity index (χ0) is 13.8. The van der Waals surface area contributed by atoms with Gasteiger partial charge in [-0.3, -0.25) is 15.1 Å². The minimum Gasteiger partial charge on any atom is -0.354 e. The number of nitrogens with one attached hydrogen (secondary N) is 3. The van der Waals surface area contributed by atoms with Crippen molar-refractivity contribution in [1.82, 2.24) is 25.6 Å². The topological polar surface area (TPSA) is 82.7 Å². The minimum absolute atomic E-state index is 0.0301. The number of hydrogen-bond acceptors (Lipinski definition) is 4. The van der Waals surface area contributed by atoms with Crippen LogP contribution in [0, 0.1) is 0 Å². The van der Waals surface area contributed by atoms with E-state index in [4.69, 9.17) is 0 Å². The summed E-state index contributed by atoms with van der Waals surface area (Å²) in [5.74, 6) is 0.0301. The molecule has 1 aliphatic heterocycles. The van der Waals surface area contributed by atoms with E-state index in [2.05, 4.69) is 25.6 Å². The first kappa shape index (κ1) is 12.8. The molecule has 0 aliphatic carbocycles. The SMILES string of the molecule is O=C(NCCc1cccnc1)C1Cc2nc[nH]c2CN1. The third-order valence-corrected chi connectivity index (χ3v) is 3.48. The Morgan fingerprint density at radius 3 is 3.30 bits per heavy atom. The summed E-state index contributed by atoms with van der Waals surface area (Å²) >= 11 is 0. The molecule has 6 nitrogen and oxygen atoms in total. The van der Waals surface area contributed by atoms with Crippen molar-refractivity contribution in [1.29, 1.82) is 0 Å².